The summed E-state index contributed by atoms with van der Waals surface area (Å²) >= 11 is 0. The van der Waals surface area contributed by atoms with Crippen molar-refractivity contribution in [1.29, 1.82) is 0 Å². The standard InChI is InChI=1S/C11H18/c1-6-7-8-11(9(2)3)10(4)5/h6-9H,1H2,2-5H3/b8-7-. The lowest BCUT2D eigenvalue weighted by atomic mass is 9.98. The summed E-state index contributed by atoms with van der Waals surface area (Å²) in [5.74, 6) is 0.608. The number of allylic oxidation sites excluding steroid dienone is 5. The van der Waals surface area contributed by atoms with E-state index >= 15 is 0 Å². The molecule has 0 heteroatoms. The van der Waals surface area contributed by atoms with Crippen molar-refractivity contribution in [2.24, 2.45) is 5.92 Å². The van der Waals surface area contributed by atoms with Crippen molar-refractivity contribution in [3.8, 4) is 0 Å². The lowest BCUT2D eigenvalue weighted by Crippen LogP contribution is -1.92. The summed E-state index contributed by atoms with van der Waals surface area (Å²) in [7, 11) is 0. The molecule has 0 aromatic rings. The minimum Gasteiger partial charge on any atom is -0.0991 e. The second-order valence-electron chi connectivity index (χ2n) is 3.20. The van der Waals surface area contributed by atoms with Crippen molar-refractivity contribution in [2.75, 3.05) is 0 Å². The third-order valence-corrected chi connectivity index (χ3v) is 1.61. The molecule has 0 aliphatic carbocycles. The van der Waals surface area contributed by atoms with E-state index in [9.17, 15) is 0 Å². The Bertz CT molecular complexity index is 176. The molecule has 0 rings (SSSR count). The lowest BCUT2D eigenvalue weighted by molar-refractivity contribution is 0.779. The Morgan fingerprint density at radius 1 is 1.27 bits per heavy atom. The molecule has 0 atom stereocenters. The van der Waals surface area contributed by atoms with Gasteiger partial charge in [0.05, 0.1) is 0 Å². The van der Waals surface area contributed by atoms with Crippen LogP contribution in [0.1, 0.15) is 27.7 Å². The molecule has 11 heavy (non-hydrogen) atoms. The van der Waals surface area contributed by atoms with Gasteiger partial charge >= 0.3 is 0 Å². The quantitative estimate of drug-likeness (QED) is 0.538. The first kappa shape index (κ1) is 10.2. The molecule has 0 heterocycles. The molecule has 0 amide bonds. The summed E-state index contributed by atoms with van der Waals surface area (Å²) in [6.07, 6.45) is 5.93. The minimum absolute atomic E-state index is 0.608. The van der Waals surface area contributed by atoms with Gasteiger partial charge in [0.15, 0.2) is 0 Å². The molecular formula is C11H18. The summed E-state index contributed by atoms with van der Waals surface area (Å²) in [5, 5.41) is 0. The molecule has 0 aromatic carbocycles. The summed E-state index contributed by atoms with van der Waals surface area (Å²) < 4.78 is 0. The van der Waals surface area contributed by atoms with E-state index in [1.807, 2.05) is 12.2 Å². The van der Waals surface area contributed by atoms with Gasteiger partial charge in [0.25, 0.3) is 0 Å². The van der Waals surface area contributed by atoms with Gasteiger partial charge < -0.3 is 0 Å². The normalized spacial score (nSPS) is 10.6. The monoisotopic (exact) mass is 150 g/mol. The zero-order valence-electron chi connectivity index (χ0n) is 8.02. The Morgan fingerprint density at radius 3 is 2.09 bits per heavy atom. The fraction of sp³-hybridized carbons (Fsp3) is 0.455. The third-order valence-electron chi connectivity index (χ3n) is 1.61. The molecule has 0 saturated heterocycles. The van der Waals surface area contributed by atoms with E-state index in [0.717, 1.165) is 0 Å². The van der Waals surface area contributed by atoms with Crippen LogP contribution in [-0.2, 0) is 0 Å². The SMILES string of the molecule is C=C/C=C\C(=C(C)C)C(C)C. The fourth-order valence-electron chi connectivity index (χ4n) is 1.11. The van der Waals surface area contributed by atoms with Gasteiger partial charge in [0.2, 0.25) is 0 Å². The molecule has 0 radical (unpaired) electrons. The smallest absolute Gasteiger partial charge is 0.0219 e. The highest BCUT2D eigenvalue weighted by atomic mass is 14.0. The molecule has 0 unspecified atom stereocenters. The predicted molar refractivity (Wildman–Crippen MR) is 52.5 cm³/mol. The van der Waals surface area contributed by atoms with Crippen molar-refractivity contribution in [1.82, 2.24) is 0 Å². The lowest BCUT2D eigenvalue weighted by Gasteiger charge is -2.08. The van der Waals surface area contributed by atoms with Crippen LogP contribution in [-0.4, -0.2) is 0 Å². The highest BCUT2D eigenvalue weighted by Gasteiger charge is 1.99. The summed E-state index contributed by atoms with van der Waals surface area (Å²) in [5.41, 5.74) is 2.79. The Morgan fingerprint density at radius 2 is 1.82 bits per heavy atom. The van der Waals surface area contributed by atoms with E-state index < -0.39 is 0 Å². The molecule has 0 aliphatic rings. The van der Waals surface area contributed by atoms with Crippen LogP contribution in [0.2, 0.25) is 0 Å². The third kappa shape index (κ3) is 3.82. The largest absolute Gasteiger partial charge is 0.0991 e. The summed E-state index contributed by atoms with van der Waals surface area (Å²) in [4.78, 5) is 0. The van der Waals surface area contributed by atoms with Gasteiger partial charge in [0, 0.05) is 0 Å². The van der Waals surface area contributed by atoms with E-state index in [1.54, 1.807) is 0 Å². The average Bonchev–Trinajstić information content (AvgIpc) is 1.87. The Hall–Kier alpha value is -0.780. The highest BCUT2D eigenvalue weighted by Crippen LogP contribution is 2.15. The molecule has 0 aromatic heterocycles. The highest BCUT2D eigenvalue weighted by molar-refractivity contribution is 5.27. The zero-order valence-corrected chi connectivity index (χ0v) is 8.02. The molecule has 0 nitrogen and oxygen atoms in total. The molecule has 0 fully saturated rings. The molecule has 0 N–H and O–H groups in total. The van der Waals surface area contributed by atoms with Crippen LogP contribution in [0.15, 0.2) is 36.0 Å². The van der Waals surface area contributed by atoms with Gasteiger partial charge in [-0.05, 0) is 25.3 Å². The van der Waals surface area contributed by atoms with Gasteiger partial charge in [-0.3, -0.25) is 0 Å². The van der Waals surface area contributed by atoms with E-state index in [-0.39, 0.29) is 0 Å². The average molecular weight is 150 g/mol. The maximum Gasteiger partial charge on any atom is -0.0219 e. The van der Waals surface area contributed by atoms with Gasteiger partial charge in [-0.1, -0.05) is 44.2 Å². The van der Waals surface area contributed by atoms with Crippen molar-refractivity contribution < 1.29 is 0 Å². The molecule has 62 valence electrons. The minimum atomic E-state index is 0.608. The van der Waals surface area contributed by atoms with Crippen molar-refractivity contribution in [3.05, 3.63) is 36.0 Å². The van der Waals surface area contributed by atoms with Crippen LogP contribution in [0.4, 0.5) is 0 Å². The molecule has 0 saturated carbocycles. The van der Waals surface area contributed by atoms with Crippen LogP contribution in [0.3, 0.4) is 0 Å². The second-order valence-corrected chi connectivity index (χ2v) is 3.20. The molecule has 0 spiro atoms. The predicted octanol–water partition coefficient (Wildman–Crippen LogP) is 3.72. The summed E-state index contributed by atoms with van der Waals surface area (Å²) in [6.45, 7) is 12.3. The first-order chi connectivity index (χ1) is 5.09. The second kappa shape index (κ2) is 4.95. The van der Waals surface area contributed by atoms with Gasteiger partial charge in [-0.25, -0.2) is 0 Å². The summed E-state index contributed by atoms with van der Waals surface area (Å²) in [6, 6.07) is 0. The van der Waals surface area contributed by atoms with Crippen molar-refractivity contribution in [2.45, 2.75) is 27.7 Å². The number of hydrogen-bond acceptors (Lipinski definition) is 0. The zero-order chi connectivity index (χ0) is 8.85. The van der Waals surface area contributed by atoms with Crippen LogP contribution >= 0.6 is 0 Å². The Labute approximate surface area is 70.3 Å². The van der Waals surface area contributed by atoms with Crippen LogP contribution in [0.25, 0.3) is 0 Å². The maximum absolute atomic E-state index is 3.64. The molecule has 0 aliphatic heterocycles. The Kier molecular flexibility index (Phi) is 4.60. The van der Waals surface area contributed by atoms with E-state index in [4.69, 9.17) is 0 Å². The maximum atomic E-state index is 3.64. The van der Waals surface area contributed by atoms with E-state index in [0.29, 0.717) is 5.92 Å². The molecule has 0 bridgehead atoms. The van der Waals surface area contributed by atoms with E-state index in [2.05, 4.69) is 40.3 Å². The van der Waals surface area contributed by atoms with Crippen molar-refractivity contribution >= 4 is 0 Å². The van der Waals surface area contributed by atoms with Gasteiger partial charge in [-0.2, -0.15) is 0 Å². The fourth-order valence-corrected chi connectivity index (χ4v) is 1.11. The van der Waals surface area contributed by atoms with Crippen LogP contribution < -0.4 is 0 Å². The number of hydrogen-bond donors (Lipinski definition) is 0. The van der Waals surface area contributed by atoms with E-state index in [1.165, 1.54) is 11.1 Å². The molecular weight excluding hydrogens is 132 g/mol. The van der Waals surface area contributed by atoms with Crippen LogP contribution in [0, 0.1) is 5.92 Å². The first-order valence-corrected chi connectivity index (χ1v) is 4.06. The first-order valence-electron chi connectivity index (χ1n) is 4.06. The van der Waals surface area contributed by atoms with Crippen LogP contribution in [0.5, 0.6) is 0 Å². The topological polar surface area (TPSA) is 0 Å². The Balaban J connectivity index is 4.50. The number of rotatable bonds is 3. The van der Waals surface area contributed by atoms with Crippen molar-refractivity contribution in [3.63, 3.8) is 0 Å². The van der Waals surface area contributed by atoms with Gasteiger partial charge in [-0.15, -0.1) is 0 Å². The van der Waals surface area contributed by atoms with Gasteiger partial charge in [0.1, 0.15) is 0 Å².